The number of ether oxygens (including phenoxy) is 1. The van der Waals surface area contributed by atoms with Crippen molar-refractivity contribution in [3.8, 4) is 0 Å². The molecule has 3 atom stereocenters. The molecule has 0 aromatic rings. The minimum Gasteiger partial charge on any atom is -0.426 e. The number of carbonyl (C=O) groups is 1. The average molecular weight is 264 g/mol. The summed E-state index contributed by atoms with van der Waals surface area (Å²) in [5, 5.41) is 20.0. The summed E-state index contributed by atoms with van der Waals surface area (Å²) < 4.78 is 5.17. The lowest BCUT2D eigenvalue weighted by atomic mass is 9.57. The molecule has 4 nitrogen and oxygen atoms in total. The highest BCUT2D eigenvalue weighted by molar-refractivity contribution is 5.93. The smallest absolute Gasteiger partial charge is 0.339 e. The maximum atomic E-state index is 11.8. The number of fused-ring (bicyclic) bond motifs is 2. The number of aliphatic hydroxyl groups excluding tert-OH is 1. The van der Waals surface area contributed by atoms with Crippen LogP contribution in [-0.4, -0.2) is 28.6 Å². The minimum atomic E-state index is -1.49. The Morgan fingerprint density at radius 3 is 2.95 bits per heavy atom. The van der Waals surface area contributed by atoms with Crippen LogP contribution in [0.1, 0.15) is 39.5 Å². The van der Waals surface area contributed by atoms with Gasteiger partial charge in [0.05, 0.1) is 12.2 Å². The summed E-state index contributed by atoms with van der Waals surface area (Å²) in [6.07, 6.45) is 5.29. The molecule has 1 heterocycles. The molecule has 3 rings (SSSR count). The molecule has 0 radical (unpaired) electrons. The lowest BCUT2D eigenvalue weighted by Crippen LogP contribution is -2.48. The quantitative estimate of drug-likeness (QED) is 0.558. The van der Waals surface area contributed by atoms with Gasteiger partial charge in [0, 0.05) is 12.0 Å². The number of hydrogen-bond acceptors (Lipinski definition) is 4. The van der Waals surface area contributed by atoms with Gasteiger partial charge in [0.1, 0.15) is 0 Å². The van der Waals surface area contributed by atoms with Crippen LogP contribution in [0.15, 0.2) is 22.8 Å². The van der Waals surface area contributed by atoms with Crippen LogP contribution in [0, 0.1) is 11.3 Å². The fourth-order valence-corrected chi connectivity index (χ4v) is 4.09. The van der Waals surface area contributed by atoms with Gasteiger partial charge in [-0.2, -0.15) is 0 Å². The third kappa shape index (κ3) is 1.70. The maximum Gasteiger partial charge on any atom is 0.339 e. The summed E-state index contributed by atoms with van der Waals surface area (Å²) in [5.41, 5.74) is 2.13. The Balaban J connectivity index is 2.06. The van der Waals surface area contributed by atoms with Crippen LogP contribution in [0.4, 0.5) is 0 Å². The molecule has 3 aliphatic rings. The normalized spacial score (nSPS) is 41.6. The summed E-state index contributed by atoms with van der Waals surface area (Å²) in [7, 11) is 0. The van der Waals surface area contributed by atoms with Crippen molar-refractivity contribution in [2.75, 3.05) is 6.61 Å². The van der Waals surface area contributed by atoms with Gasteiger partial charge in [-0.05, 0) is 37.5 Å². The number of esters is 1. The van der Waals surface area contributed by atoms with Crippen molar-refractivity contribution in [2.24, 2.45) is 11.3 Å². The Morgan fingerprint density at radius 1 is 1.53 bits per heavy atom. The fourth-order valence-electron chi connectivity index (χ4n) is 4.09. The molecule has 0 amide bonds. The van der Waals surface area contributed by atoms with Crippen LogP contribution in [0.5, 0.6) is 0 Å². The van der Waals surface area contributed by atoms with Crippen molar-refractivity contribution < 1.29 is 19.7 Å². The highest BCUT2D eigenvalue weighted by Crippen LogP contribution is 2.57. The molecule has 1 saturated carbocycles. The third-order valence-corrected chi connectivity index (χ3v) is 5.13. The predicted molar refractivity (Wildman–Crippen MR) is 69.0 cm³/mol. The van der Waals surface area contributed by atoms with Crippen molar-refractivity contribution in [1.82, 2.24) is 0 Å². The number of carbonyl (C=O) groups excluding carboxylic acids is 1. The summed E-state index contributed by atoms with van der Waals surface area (Å²) in [6, 6.07) is 0. The summed E-state index contributed by atoms with van der Waals surface area (Å²) in [6.45, 7) is 3.92. The molecule has 0 spiro atoms. The molecular formula is C15H20O4. The zero-order chi connectivity index (χ0) is 13.8. The lowest BCUT2D eigenvalue weighted by molar-refractivity contribution is -0.202. The van der Waals surface area contributed by atoms with Crippen molar-refractivity contribution in [1.29, 1.82) is 0 Å². The SMILES string of the molecule is CC1=CCCC2(C)CC3(O)OC(=O)C(CO)=C3C[C@H]12. The molecule has 4 heteroatoms. The monoisotopic (exact) mass is 264 g/mol. The van der Waals surface area contributed by atoms with Gasteiger partial charge in [-0.1, -0.05) is 18.6 Å². The zero-order valence-electron chi connectivity index (χ0n) is 11.4. The van der Waals surface area contributed by atoms with Crippen LogP contribution < -0.4 is 0 Å². The van der Waals surface area contributed by atoms with Crippen LogP contribution in [0.25, 0.3) is 0 Å². The zero-order valence-corrected chi connectivity index (χ0v) is 11.4. The van der Waals surface area contributed by atoms with E-state index >= 15 is 0 Å². The van der Waals surface area contributed by atoms with Gasteiger partial charge in [0.25, 0.3) is 0 Å². The Bertz CT molecular complexity index is 504. The van der Waals surface area contributed by atoms with E-state index in [1.54, 1.807) is 0 Å². The molecule has 2 aliphatic carbocycles. The molecule has 1 fully saturated rings. The van der Waals surface area contributed by atoms with Gasteiger partial charge in [-0.15, -0.1) is 0 Å². The number of hydrogen-bond donors (Lipinski definition) is 2. The van der Waals surface area contributed by atoms with E-state index in [-0.39, 0.29) is 17.6 Å². The Labute approximate surface area is 112 Å². The highest BCUT2D eigenvalue weighted by Gasteiger charge is 2.57. The first-order valence-electron chi connectivity index (χ1n) is 6.85. The van der Waals surface area contributed by atoms with Gasteiger partial charge < -0.3 is 14.9 Å². The van der Waals surface area contributed by atoms with Crippen LogP contribution in [0.2, 0.25) is 0 Å². The molecule has 19 heavy (non-hydrogen) atoms. The molecule has 104 valence electrons. The van der Waals surface area contributed by atoms with Crippen LogP contribution >= 0.6 is 0 Å². The van der Waals surface area contributed by atoms with Crippen molar-refractivity contribution in [2.45, 2.75) is 45.3 Å². The molecule has 0 aromatic heterocycles. The lowest BCUT2D eigenvalue weighted by Gasteiger charge is -2.49. The molecule has 2 N–H and O–H groups in total. The third-order valence-electron chi connectivity index (χ3n) is 5.13. The number of aliphatic hydroxyl groups is 2. The standard InChI is InChI=1S/C15H20O4/c1-9-4-3-5-14(2)8-15(18)12(6-11(9)14)10(7-16)13(17)19-15/h4,11,16,18H,3,5-8H2,1-2H3/t11-,14?,15?/m1/s1. The van der Waals surface area contributed by atoms with E-state index in [4.69, 9.17) is 4.74 Å². The molecule has 1 aliphatic heterocycles. The second-order valence-electron chi connectivity index (χ2n) is 6.36. The fraction of sp³-hybridized carbons (Fsp3) is 0.667. The van der Waals surface area contributed by atoms with E-state index in [0.717, 1.165) is 12.8 Å². The average Bonchev–Trinajstić information content (AvgIpc) is 2.55. The van der Waals surface area contributed by atoms with Crippen molar-refractivity contribution >= 4 is 5.97 Å². The van der Waals surface area contributed by atoms with Gasteiger partial charge in [-0.3, -0.25) is 0 Å². The van der Waals surface area contributed by atoms with E-state index in [9.17, 15) is 15.0 Å². The van der Waals surface area contributed by atoms with Crippen LogP contribution in [0.3, 0.4) is 0 Å². The van der Waals surface area contributed by atoms with Gasteiger partial charge >= 0.3 is 5.97 Å². The van der Waals surface area contributed by atoms with Crippen molar-refractivity contribution in [3.05, 3.63) is 22.8 Å². The van der Waals surface area contributed by atoms with Gasteiger partial charge in [-0.25, -0.2) is 4.79 Å². The minimum absolute atomic E-state index is 0.0394. The van der Waals surface area contributed by atoms with Gasteiger partial charge in [0.15, 0.2) is 0 Å². The first kappa shape index (κ1) is 12.9. The second kappa shape index (κ2) is 3.93. The van der Waals surface area contributed by atoms with Crippen LogP contribution in [-0.2, 0) is 9.53 Å². The Kier molecular flexibility index (Phi) is 2.67. The Hall–Kier alpha value is -1.13. The van der Waals surface area contributed by atoms with E-state index < -0.39 is 11.8 Å². The number of allylic oxidation sites excluding steroid dienone is 2. The topological polar surface area (TPSA) is 66.8 Å². The summed E-state index contributed by atoms with van der Waals surface area (Å²) in [4.78, 5) is 11.8. The first-order chi connectivity index (χ1) is 8.89. The van der Waals surface area contributed by atoms with E-state index in [0.29, 0.717) is 24.3 Å². The van der Waals surface area contributed by atoms with Gasteiger partial charge in [0.2, 0.25) is 5.79 Å². The summed E-state index contributed by atoms with van der Waals surface area (Å²) >= 11 is 0. The van der Waals surface area contributed by atoms with E-state index in [1.165, 1.54) is 5.57 Å². The van der Waals surface area contributed by atoms with E-state index in [2.05, 4.69) is 19.9 Å². The van der Waals surface area contributed by atoms with Crippen molar-refractivity contribution in [3.63, 3.8) is 0 Å². The second-order valence-corrected chi connectivity index (χ2v) is 6.36. The molecule has 0 aromatic carbocycles. The largest absolute Gasteiger partial charge is 0.426 e. The predicted octanol–water partition coefficient (Wildman–Crippen LogP) is 1.68. The number of rotatable bonds is 1. The summed E-state index contributed by atoms with van der Waals surface area (Å²) in [5.74, 6) is -1.73. The highest BCUT2D eigenvalue weighted by atomic mass is 16.7. The molecular weight excluding hydrogens is 244 g/mol. The maximum absolute atomic E-state index is 11.8. The molecule has 2 unspecified atom stereocenters. The first-order valence-corrected chi connectivity index (χ1v) is 6.85. The molecule has 0 saturated heterocycles. The molecule has 0 bridgehead atoms. The Morgan fingerprint density at radius 2 is 2.26 bits per heavy atom. The van der Waals surface area contributed by atoms with E-state index in [1.807, 2.05) is 0 Å².